The van der Waals surface area contributed by atoms with Crippen LogP contribution in [0.2, 0.25) is 0 Å². The molecule has 0 unspecified atom stereocenters. The number of aliphatic imine (C=N–C) groups is 1. The summed E-state index contributed by atoms with van der Waals surface area (Å²) in [6, 6.07) is 0. The van der Waals surface area contributed by atoms with Crippen molar-refractivity contribution in [1.29, 1.82) is 0 Å². The molecule has 1 heterocycles. The second-order valence-corrected chi connectivity index (χ2v) is 2.49. The summed E-state index contributed by atoms with van der Waals surface area (Å²) in [5.74, 6) is 0. The van der Waals surface area contributed by atoms with Gasteiger partial charge in [-0.25, -0.2) is 0 Å². The van der Waals surface area contributed by atoms with Gasteiger partial charge in [0.25, 0.3) is 0 Å². The Balaban J connectivity index is 2.53. The van der Waals surface area contributed by atoms with E-state index in [9.17, 15) is 0 Å². The maximum Gasteiger partial charge on any atom is 0.0298 e. The number of nitrogens with zero attached hydrogens (tertiary/aromatic N) is 2. The molecule has 0 amide bonds. The molecule has 2 heteroatoms. The van der Waals surface area contributed by atoms with Gasteiger partial charge in [-0.1, -0.05) is 18.9 Å². The zero-order valence-corrected chi connectivity index (χ0v) is 6.59. The van der Waals surface area contributed by atoms with Crippen LogP contribution in [0.5, 0.6) is 0 Å². The Morgan fingerprint density at radius 3 is 3.00 bits per heavy atom. The van der Waals surface area contributed by atoms with Gasteiger partial charge in [0.2, 0.25) is 0 Å². The second-order valence-electron chi connectivity index (χ2n) is 2.49. The highest BCUT2D eigenvalue weighted by atomic mass is 14.9. The van der Waals surface area contributed by atoms with E-state index in [4.69, 9.17) is 0 Å². The van der Waals surface area contributed by atoms with Crippen LogP contribution in [0.1, 0.15) is 19.8 Å². The third kappa shape index (κ3) is 1.87. The minimum Gasteiger partial charge on any atom is -0.688 e. The topological polar surface area (TPSA) is 26.5 Å². The highest BCUT2D eigenvalue weighted by Crippen LogP contribution is 2.21. The van der Waals surface area contributed by atoms with Crippen molar-refractivity contribution in [3.05, 3.63) is 17.1 Å². The van der Waals surface area contributed by atoms with Gasteiger partial charge in [-0.3, -0.25) is 4.99 Å². The minimum absolute atomic E-state index is 1.00. The van der Waals surface area contributed by atoms with E-state index in [2.05, 4.69) is 16.4 Å². The summed E-state index contributed by atoms with van der Waals surface area (Å²) in [4.78, 5) is 4.03. The molecule has 0 bridgehead atoms. The van der Waals surface area contributed by atoms with Crippen LogP contribution < -0.4 is 0 Å². The van der Waals surface area contributed by atoms with Crippen molar-refractivity contribution in [2.24, 2.45) is 4.99 Å². The van der Waals surface area contributed by atoms with E-state index in [-0.39, 0.29) is 0 Å². The van der Waals surface area contributed by atoms with Gasteiger partial charge in [0, 0.05) is 12.8 Å². The first-order chi connectivity index (χ1) is 4.83. The summed E-state index contributed by atoms with van der Waals surface area (Å²) in [6.07, 6.45) is 4.41. The molecule has 2 nitrogen and oxygen atoms in total. The third-order valence-corrected chi connectivity index (χ3v) is 1.63. The predicted octanol–water partition coefficient (Wildman–Crippen LogP) is 2.13. The fourth-order valence-corrected chi connectivity index (χ4v) is 0.985. The monoisotopic (exact) mass is 137 g/mol. The zero-order valence-electron chi connectivity index (χ0n) is 6.59. The lowest BCUT2D eigenvalue weighted by molar-refractivity contribution is 0.988. The average Bonchev–Trinajstić information content (AvgIpc) is 2.40. The Kier molecular flexibility index (Phi) is 2.49. The molecule has 0 aromatic rings. The Labute approximate surface area is 62.0 Å². The van der Waals surface area contributed by atoms with Gasteiger partial charge in [0.05, 0.1) is 0 Å². The lowest BCUT2D eigenvalue weighted by Gasteiger charge is -2.12. The molecule has 0 N–H and O–H groups in total. The smallest absolute Gasteiger partial charge is 0.0298 e. The van der Waals surface area contributed by atoms with Crippen LogP contribution >= 0.6 is 0 Å². The van der Waals surface area contributed by atoms with E-state index in [0.29, 0.717) is 0 Å². The maximum atomic E-state index is 4.30. The van der Waals surface area contributed by atoms with Gasteiger partial charge in [0.15, 0.2) is 0 Å². The first kappa shape index (κ1) is 7.32. The van der Waals surface area contributed by atoms with Gasteiger partial charge in [-0.15, -0.1) is 6.54 Å². The largest absolute Gasteiger partial charge is 0.688 e. The molecule has 56 valence electrons. The van der Waals surface area contributed by atoms with Crippen molar-refractivity contribution < 1.29 is 0 Å². The van der Waals surface area contributed by atoms with Gasteiger partial charge < -0.3 is 5.32 Å². The average molecular weight is 137 g/mol. The van der Waals surface area contributed by atoms with Gasteiger partial charge in [0.1, 0.15) is 0 Å². The summed E-state index contributed by atoms with van der Waals surface area (Å²) >= 11 is 0. The maximum absolute atomic E-state index is 4.30. The summed E-state index contributed by atoms with van der Waals surface area (Å²) in [5, 5.41) is 4.30. The summed E-state index contributed by atoms with van der Waals surface area (Å²) in [7, 11) is 1.81. The van der Waals surface area contributed by atoms with E-state index in [1.807, 2.05) is 6.92 Å². The molecule has 0 aromatic carbocycles. The van der Waals surface area contributed by atoms with E-state index >= 15 is 0 Å². The highest BCUT2D eigenvalue weighted by Gasteiger charge is 1.92. The van der Waals surface area contributed by atoms with Crippen molar-refractivity contribution in [2.45, 2.75) is 19.8 Å². The predicted molar refractivity (Wildman–Crippen MR) is 44.6 cm³/mol. The second kappa shape index (κ2) is 3.40. The van der Waals surface area contributed by atoms with E-state index < -0.39 is 0 Å². The summed E-state index contributed by atoms with van der Waals surface area (Å²) in [6.45, 7) is 3.00. The molecular formula is C8H13N2-. The zero-order chi connectivity index (χ0) is 7.40. The molecule has 1 aliphatic heterocycles. The first-order valence-electron chi connectivity index (χ1n) is 3.64. The highest BCUT2D eigenvalue weighted by molar-refractivity contribution is 5.93. The molecule has 0 atom stereocenters. The van der Waals surface area contributed by atoms with Crippen LogP contribution in [0.4, 0.5) is 0 Å². The van der Waals surface area contributed by atoms with Crippen molar-refractivity contribution in [3.63, 3.8) is 0 Å². The quantitative estimate of drug-likeness (QED) is 0.495. The van der Waals surface area contributed by atoms with Gasteiger partial charge in [-0.2, -0.15) is 5.70 Å². The fraction of sp³-hybridized carbons (Fsp3) is 0.625. The molecule has 0 aliphatic carbocycles. The Bertz CT molecular complexity index is 160. The van der Waals surface area contributed by atoms with Gasteiger partial charge >= 0.3 is 0 Å². The Morgan fingerprint density at radius 1 is 1.70 bits per heavy atom. The Hall–Kier alpha value is -0.790. The van der Waals surface area contributed by atoms with Crippen LogP contribution in [0, 0.1) is 0 Å². The van der Waals surface area contributed by atoms with Crippen LogP contribution in [-0.4, -0.2) is 19.3 Å². The van der Waals surface area contributed by atoms with Crippen LogP contribution in [0.25, 0.3) is 5.32 Å². The van der Waals surface area contributed by atoms with Gasteiger partial charge in [-0.05, 0) is 6.92 Å². The SMILES string of the molecule is CN=C(C)/C=C1\CCC[N-]1. The molecule has 10 heavy (non-hydrogen) atoms. The molecule has 0 aromatic heterocycles. The molecule has 0 saturated carbocycles. The lowest BCUT2D eigenvalue weighted by atomic mass is 10.2. The number of hydrogen-bond acceptors (Lipinski definition) is 1. The van der Waals surface area contributed by atoms with Crippen LogP contribution in [0.15, 0.2) is 16.8 Å². The molecule has 1 saturated heterocycles. The summed E-state index contributed by atoms with van der Waals surface area (Å²) < 4.78 is 0. The third-order valence-electron chi connectivity index (χ3n) is 1.63. The van der Waals surface area contributed by atoms with E-state index in [0.717, 1.165) is 18.7 Å². The molecule has 1 aliphatic rings. The van der Waals surface area contributed by atoms with E-state index in [1.54, 1.807) is 7.05 Å². The fourth-order valence-electron chi connectivity index (χ4n) is 0.985. The standard InChI is InChI=1S/C8H13N2/c1-7(9-2)6-8-4-3-5-10-8/h6H,3-5H2,1-2H3/q-1/b8-6+,9-7?. The summed E-state index contributed by atoms with van der Waals surface area (Å²) in [5.41, 5.74) is 2.28. The van der Waals surface area contributed by atoms with Crippen molar-refractivity contribution in [2.75, 3.05) is 13.6 Å². The van der Waals surface area contributed by atoms with Crippen molar-refractivity contribution >= 4 is 5.71 Å². The molecule has 1 rings (SSSR count). The first-order valence-corrected chi connectivity index (χ1v) is 3.64. The Morgan fingerprint density at radius 2 is 2.50 bits per heavy atom. The van der Waals surface area contributed by atoms with Crippen molar-refractivity contribution in [1.82, 2.24) is 0 Å². The number of hydrogen-bond donors (Lipinski definition) is 0. The molecular weight excluding hydrogens is 124 g/mol. The lowest BCUT2D eigenvalue weighted by Crippen LogP contribution is -1.85. The van der Waals surface area contributed by atoms with Crippen molar-refractivity contribution in [3.8, 4) is 0 Å². The van der Waals surface area contributed by atoms with E-state index in [1.165, 1.54) is 12.1 Å². The number of rotatable bonds is 1. The molecule has 0 spiro atoms. The van der Waals surface area contributed by atoms with Crippen LogP contribution in [0.3, 0.4) is 0 Å². The molecule has 0 radical (unpaired) electrons. The number of allylic oxidation sites excluding steroid dienone is 2. The molecule has 1 fully saturated rings. The minimum atomic E-state index is 1.00. The normalized spacial score (nSPS) is 23.4. The van der Waals surface area contributed by atoms with Crippen LogP contribution in [-0.2, 0) is 0 Å².